The third kappa shape index (κ3) is 5.46. The molecule has 0 radical (unpaired) electrons. The number of amides is 1. The number of fused-ring (bicyclic) bond motifs is 1. The number of carbonyl (C=O) groups excluding carboxylic acids is 1. The van der Waals surface area contributed by atoms with Crippen LogP contribution in [0.15, 0.2) is 90.0 Å². The highest BCUT2D eigenvalue weighted by Crippen LogP contribution is 2.30. The van der Waals surface area contributed by atoms with Crippen LogP contribution in [0.25, 0.3) is 10.9 Å². The van der Waals surface area contributed by atoms with Crippen molar-refractivity contribution in [2.75, 3.05) is 32.1 Å². The zero-order valence-corrected chi connectivity index (χ0v) is 19.9. The largest absolute Gasteiger partial charge is 0.489 e. The molecule has 3 aromatic carbocycles. The van der Waals surface area contributed by atoms with Gasteiger partial charge in [-0.2, -0.15) is 0 Å². The molecule has 5 rings (SSSR count). The van der Waals surface area contributed by atoms with E-state index >= 15 is 0 Å². The number of rotatable bonds is 8. The van der Waals surface area contributed by atoms with Crippen molar-refractivity contribution in [1.82, 2.24) is 9.47 Å². The second kappa shape index (κ2) is 10.8. The highest BCUT2D eigenvalue weighted by atomic mass is 32.2. The first kappa shape index (κ1) is 22.6. The Labute approximate surface area is 204 Å². The first-order valence-electron chi connectivity index (χ1n) is 11.6. The van der Waals surface area contributed by atoms with Crippen LogP contribution in [0.3, 0.4) is 0 Å². The maximum absolute atomic E-state index is 12.6. The van der Waals surface area contributed by atoms with Crippen LogP contribution in [-0.4, -0.2) is 47.4 Å². The van der Waals surface area contributed by atoms with E-state index in [4.69, 9.17) is 9.47 Å². The molecule has 0 unspecified atom stereocenters. The van der Waals surface area contributed by atoms with E-state index in [1.165, 1.54) is 16.5 Å². The smallest absolute Gasteiger partial charge is 0.233 e. The van der Waals surface area contributed by atoms with Crippen molar-refractivity contribution in [1.29, 1.82) is 0 Å². The van der Waals surface area contributed by atoms with Gasteiger partial charge in [-0.25, -0.2) is 0 Å². The summed E-state index contributed by atoms with van der Waals surface area (Å²) in [7, 11) is 0. The van der Waals surface area contributed by atoms with Gasteiger partial charge in [0.15, 0.2) is 0 Å². The minimum Gasteiger partial charge on any atom is -0.489 e. The molecular formula is C28H28N2O3S. The molecule has 0 saturated carbocycles. The number of benzene rings is 3. The predicted octanol–water partition coefficient (Wildman–Crippen LogP) is 5.22. The number of ether oxygens (including phenoxy) is 2. The van der Waals surface area contributed by atoms with E-state index in [0.717, 1.165) is 22.8 Å². The lowest BCUT2D eigenvalue weighted by Crippen LogP contribution is -2.41. The van der Waals surface area contributed by atoms with Gasteiger partial charge in [-0.05, 0) is 41.5 Å². The van der Waals surface area contributed by atoms with Gasteiger partial charge in [0.2, 0.25) is 5.91 Å². The average molecular weight is 473 g/mol. The van der Waals surface area contributed by atoms with Crippen LogP contribution in [0.4, 0.5) is 0 Å². The van der Waals surface area contributed by atoms with Gasteiger partial charge < -0.3 is 18.9 Å². The summed E-state index contributed by atoms with van der Waals surface area (Å²) in [6.07, 6.45) is 2.12. The van der Waals surface area contributed by atoms with E-state index < -0.39 is 0 Å². The molecule has 4 aromatic rings. The molecule has 0 aliphatic carbocycles. The number of hydrogen-bond acceptors (Lipinski definition) is 4. The van der Waals surface area contributed by atoms with Crippen molar-refractivity contribution in [2.24, 2.45) is 0 Å². The number of morpholine rings is 1. The molecule has 1 aromatic heterocycles. The number of aromatic nitrogens is 1. The quantitative estimate of drug-likeness (QED) is 0.330. The zero-order valence-electron chi connectivity index (χ0n) is 19.1. The number of nitrogens with zero attached hydrogens (tertiary/aromatic N) is 2. The van der Waals surface area contributed by atoms with Crippen molar-refractivity contribution in [2.45, 2.75) is 18.0 Å². The van der Waals surface area contributed by atoms with Gasteiger partial charge in [-0.3, -0.25) is 4.79 Å². The van der Waals surface area contributed by atoms with Gasteiger partial charge in [-0.15, -0.1) is 11.8 Å². The number of thioether (sulfide) groups is 1. The van der Waals surface area contributed by atoms with Crippen molar-refractivity contribution >= 4 is 28.6 Å². The summed E-state index contributed by atoms with van der Waals surface area (Å²) in [5, 5.41) is 1.18. The molecule has 2 heterocycles. The lowest BCUT2D eigenvalue weighted by atomic mass is 10.2. The molecule has 5 nitrogen and oxygen atoms in total. The SMILES string of the molecule is O=C(CSc1cccc2c1ccn2Cc1cccc(OCc2ccccc2)c1)N1CCOCC1. The summed E-state index contributed by atoms with van der Waals surface area (Å²) in [4.78, 5) is 15.6. The van der Waals surface area contributed by atoms with Gasteiger partial charge in [0, 0.05) is 41.6 Å². The summed E-state index contributed by atoms with van der Waals surface area (Å²) in [5.41, 5.74) is 3.50. The third-order valence-electron chi connectivity index (χ3n) is 5.99. The van der Waals surface area contributed by atoms with Crippen LogP contribution >= 0.6 is 11.8 Å². The van der Waals surface area contributed by atoms with Crippen molar-refractivity contribution in [3.05, 3.63) is 96.2 Å². The molecule has 0 N–H and O–H groups in total. The molecule has 1 aliphatic rings. The molecule has 6 heteroatoms. The number of hydrogen-bond donors (Lipinski definition) is 0. The Hall–Kier alpha value is -3.22. The lowest BCUT2D eigenvalue weighted by molar-refractivity contribution is -0.132. The molecule has 1 aliphatic heterocycles. The van der Waals surface area contributed by atoms with E-state index in [1.807, 2.05) is 35.2 Å². The molecule has 0 spiro atoms. The van der Waals surface area contributed by atoms with Crippen LogP contribution in [0.2, 0.25) is 0 Å². The summed E-state index contributed by atoms with van der Waals surface area (Å²) in [5.74, 6) is 1.50. The van der Waals surface area contributed by atoms with E-state index in [1.54, 1.807) is 11.8 Å². The molecule has 0 bridgehead atoms. The standard InChI is InChI=1S/C28H28N2O3S/c31-28(29-14-16-32-17-15-29)21-34-27-11-5-10-26-25(27)12-13-30(26)19-23-8-4-9-24(18-23)33-20-22-6-2-1-3-7-22/h1-13,18H,14-17,19-21H2. The molecule has 174 valence electrons. The molecule has 34 heavy (non-hydrogen) atoms. The topological polar surface area (TPSA) is 43.7 Å². The summed E-state index contributed by atoms with van der Waals surface area (Å²) in [6, 6.07) is 26.9. The van der Waals surface area contributed by atoms with Crippen molar-refractivity contribution in [3.8, 4) is 5.75 Å². The Balaban J connectivity index is 1.25. The Morgan fingerprint density at radius 2 is 1.71 bits per heavy atom. The van der Waals surface area contributed by atoms with E-state index in [9.17, 15) is 4.79 Å². The normalized spacial score (nSPS) is 13.8. The van der Waals surface area contributed by atoms with Crippen LogP contribution < -0.4 is 4.74 Å². The first-order valence-corrected chi connectivity index (χ1v) is 12.6. The van der Waals surface area contributed by atoms with Crippen LogP contribution in [0.5, 0.6) is 5.75 Å². The van der Waals surface area contributed by atoms with Gasteiger partial charge in [0.25, 0.3) is 0 Å². The fourth-order valence-corrected chi connectivity index (χ4v) is 5.14. The Morgan fingerprint density at radius 3 is 2.56 bits per heavy atom. The zero-order chi connectivity index (χ0) is 23.2. The molecular weight excluding hydrogens is 444 g/mol. The fraction of sp³-hybridized carbons (Fsp3) is 0.250. The second-order valence-corrected chi connectivity index (χ2v) is 9.35. The molecule has 1 amide bonds. The average Bonchev–Trinajstić information content (AvgIpc) is 3.30. The van der Waals surface area contributed by atoms with Crippen LogP contribution in [0.1, 0.15) is 11.1 Å². The highest BCUT2D eigenvalue weighted by molar-refractivity contribution is 8.00. The predicted molar refractivity (Wildman–Crippen MR) is 136 cm³/mol. The summed E-state index contributed by atoms with van der Waals surface area (Å²) in [6.45, 7) is 3.95. The van der Waals surface area contributed by atoms with Crippen molar-refractivity contribution < 1.29 is 14.3 Å². The second-order valence-electron chi connectivity index (χ2n) is 8.34. The Bertz CT molecular complexity index is 1250. The summed E-state index contributed by atoms with van der Waals surface area (Å²) < 4.78 is 13.6. The molecule has 1 saturated heterocycles. The third-order valence-corrected chi connectivity index (χ3v) is 7.05. The minimum atomic E-state index is 0.178. The number of carbonyl (C=O) groups is 1. The lowest BCUT2D eigenvalue weighted by Gasteiger charge is -2.26. The Morgan fingerprint density at radius 1 is 0.912 bits per heavy atom. The van der Waals surface area contributed by atoms with Crippen LogP contribution in [-0.2, 0) is 22.7 Å². The van der Waals surface area contributed by atoms with Gasteiger partial charge in [0.1, 0.15) is 12.4 Å². The maximum Gasteiger partial charge on any atom is 0.233 e. The first-order chi connectivity index (χ1) is 16.8. The molecule has 0 atom stereocenters. The minimum absolute atomic E-state index is 0.178. The van der Waals surface area contributed by atoms with E-state index in [0.29, 0.717) is 38.7 Å². The maximum atomic E-state index is 12.6. The van der Waals surface area contributed by atoms with Crippen molar-refractivity contribution in [3.63, 3.8) is 0 Å². The van der Waals surface area contributed by atoms with Gasteiger partial charge in [-0.1, -0.05) is 48.5 Å². The Kier molecular flexibility index (Phi) is 7.17. The highest BCUT2D eigenvalue weighted by Gasteiger charge is 2.17. The monoisotopic (exact) mass is 472 g/mol. The van der Waals surface area contributed by atoms with E-state index in [2.05, 4.69) is 59.3 Å². The van der Waals surface area contributed by atoms with Gasteiger partial charge in [0.05, 0.1) is 19.0 Å². The van der Waals surface area contributed by atoms with Crippen LogP contribution in [0, 0.1) is 0 Å². The molecule has 1 fully saturated rings. The fourth-order valence-electron chi connectivity index (χ4n) is 4.17. The van der Waals surface area contributed by atoms with E-state index in [-0.39, 0.29) is 5.91 Å². The summed E-state index contributed by atoms with van der Waals surface area (Å²) >= 11 is 1.61. The van der Waals surface area contributed by atoms with Gasteiger partial charge >= 0.3 is 0 Å².